The number of aliphatic imine (C=N–C) groups is 1. The maximum atomic E-state index is 5.95. The molecule has 0 spiro atoms. The minimum Gasteiger partial charge on any atom is -0.491 e. The van der Waals surface area contributed by atoms with Crippen LogP contribution in [0.2, 0.25) is 0 Å². The molecular formula is C21H32N4O2. The number of rotatable bonds is 9. The first-order valence-electron chi connectivity index (χ1n) is 9.70. The third kappa shape index (κ3) is 6.62. The Balaban J connectivity index is 1.85. The van der Waals surface area contributed by atoms with E-state index in [0.717, 1.165) is 29.7 Å². The molecule has 0 aliphatic rings. The van der Waals surface area contributed by atoms with Crippen LogP contribution < -0.4 is 15.4 Å². The van der Waals surface area contributed by atoms with Gasteiger partial charge in [-0.3, -0.25) is 0 Å². The van der Waals surface area contributed by atoms with Crippen molar-refractivity contribution in [3.05, 3.63) is 47.3 Å². The van der Waals surface area contributed by atoms with Crippen molar-refractivity contribution in [2.24, 2.45) is 4.99 Å². The molecule has 6 heteroatoms. The van der Waals surface area contributed by atoms with Crippen LogP contribution in [0.4, 0.5) is 0 Å². The van der Waals surface area contributed by atoms with Crippen molar-refractivity contribution in [2.45, 2.75) is 53.0 Å². The zero-order valence-electron chi connectivity index (χ0n) is 17.1. The Hall–Kier alpha value is -2.50. The molecule has 1 aromatic heterocycles. The van der Waals surface area contributed by atoms with E-state index >= 15 is 0 Å². The predicted molar refractivity (Wildman–Crippen MR) is 109 cm³/mol. The number of para-hydroxylation sites is 1. The van der Waals surface area contributed by atoms with Crippen LogP contribution in [0.3, 0.4) is 0 Å². The van der Waals surface area contributed by atoms with Crippen LogP contribution in [0.25, 0.3) is 0 Å². The third-order valence-corrected chi connectivity index (χ3v) is 4.10. The number of hydrogen-bond acceptors (Lipinski definition) is 4. The first-order valence-corrected chi connectivity index (χ1v) is 9.70. The van der Waals surface area contributed by atoms with Gasteiger partial charge in [0.1, 0.15) is 18.9 Å². The van der Waals surface area contributed by atoms with Gasteiger partial charge in [0.15, 0.2) is 11.7 Å². The molecule has 0 aliphatic heterocycles. The first-order chi connectivity index (χ1) is 13.0. The lowest BCUT2D eigenvalue weighted by Crippen LogP contribution is -2.39. The summed E-state index contributed by atoms with van der Waals surface area (Å²) >= 11 is 0. The Morgan fingerprint density at radius 1 is 1.15 bits per heavy atom. The Morgan fingerprint density at radius 3 is 2.59 bits per heavy atom. The van der Waals surface area contributed by atoms with Crippen LogP contribution >= 0.6 is 0 Å². The smallest absolute Gasteiger partial charge is 0.191 e. The number of benzene rings is 1. The van der Waals surface area contributed by atoms with Crippen molar-refractivity contribution in [3.63, 3.8) is 0 Å². The Labute approximate surface area is 162 Å². The van der Waals surface area contributed by atoms with E-state index in [1.807, 2.05) is 31.2 Å². The molecule has 0 radical (unpaired) electrons. The van der Waals surface area contributed by atoms with E-state index in [2.05, 4.69) is 54.5 Å². The molecule has 0 aliphatic carbocycles. The Kier molecular flexibility index (Phi) is 8.17. The van der Waals surface area contributed by atoms with Crippen molar-refractivity contribution in [3.8, 4) is 5.75 Å². The van der Waals surface area contributed by atoms with Gasteiger partial charge < -0.3 is 19.9 Å². The van der Waals surface area contributed by atoms with Gasteiger partial charge in [-0.25, -0.2) is 4.99 Å². The van der Waals surface area contributed by atoms with Gasteiger partial charge in [0.2, 0.25) is 0 Å². The highest BCUT2D eigenvalue weighted by Crippen LogP contribution is 2.25. The number of nitrogens with zero attached hydrogens (tertiary/aromatic N) is 2. The fourth-order valence-electron chi connectivity index (χ4n) is 2.59. The molecule has 0 fully saturated rings. The summed E-state index contributed by atoms with van der Waals surface area (Å²) in [5, 5.41) is 10.6. The molecule has 1 heterocycles. The first kappa shape index (κ1) is 20.8. The van der Waals surface area contributed by atoms with E-state index in [4.69, 9.17) is 9.26 Å². The second kappa shape index (κ2) is 10.6. The molecule has 148 valence electrons. The maximum absolute atomic E-state index is 5.95. The van der Waals surface area contributed by atoms with E-state index in [9.17, 15) is 0 Å². The largest absolute Gasteiger partial charge is 0.491 e. The standard InChI is InChI=1S/C21H32N4O2/c1-6-22-21(24-14-17-13-19(16(4)5)25-27-17)23-11-12-26-20-10-8-7-9-18(20)15(2)3/h7-10,13,15-16H,6,11-12,14H2,1-5H3,(H2,22,23,24). The number of aromatic nitrogens is 1. The molecule has 0 amide bonds. The van der Waals surface area contributed by atoms with Crippen LogP contribution in [0.5, 0.6) is 5.75 Å². The average molecular weight is 373 g/mol. The number of guanidine groups is 1. The molecule has 2 rings (SSSR count). The molecule has 6 nitrogen and oxygen atoms in total. The van der Waals surface area contributed by atoms with Gasteiger partial charge in [-0.1, -0.05) is 51.1 Å². The third-order valence-electron chi connectivity index (χ3n) is 4.10. The molecule has 27 heavy (non-hydrogen) atoms. The van der Waals surface area contributed by atoms with Gasteiger partial charge in [0.25, 0.3) is 0 Å². The normalized spacial score (nSPS) is 11.9. The highest BCUT2D eigenvalue weighted by molar-refractivity contribution is 5.79. The lowest BCUT2D eigenvalue weighted by Gasteiger charge is -2.15. The van der Waals surface area contributed by atoms with Gasteiger partial charge in [-0.05, 0) is 30.4 Å². The van der Waals surface area contributed by atoms with Crippen molar-refractivity contribution in [2.75, 3.05) is 19.7 Å². The topological polar surface area (TPSA) is 71.7 Å². The molecule has 0 saturated carbocycles. The predicted octanol–water partition coefficient (Wildman–Crippen LogP) is 4.06. The quantitative estimate of drug-likeness (QED) is 0.395. The summed E-state index contributed by atoms with van der Waals surface area (Å²) in [6.07, 6.45) is 0. The van der Waals surface area contributed by atoms with E-state index in [1.165, 1.54) is 5.56 Å². The van der Waals surface area contributed by atoms with Crippen LogP contribution in [0.15, 0.2) is 39.8 Å². The summed E-state index contributed by atoms with van der Waals surface area (Å²) in [6.45, 7) is 13.0. The highest BCUT2D eigenvalue weighted by atomic mass is 16.5. The van der Waals surface area contributed by atoms with Crippen LogP contribution in [-0.4, -0.2) is 30.8 Å². The number of hydrogen-bond donors (Lipinski definition) is 2. The van der Waals surface area contributed by atoms with Gasteiger partial charge >= 0.3 is 0 Å². The lowest BCUT2D eigenvalue weighted by molar-refractivity contribution is 0.317. The molecule has 2 aromatic rings. The summed E-state index contributed by atoms with van der Waals surface area (Å²) in [4.78, 5) is 4.55. The SMILES string of the molecule is CCNC(=NCc1cc(C(C)C)no1)NCCOc1ccccc1C(C)C. The Bertz CT molecular complexity index is 722. The summed E-state index contributed by atoms with van der Waals surface area (Å²) in [5.74, 6) is 3.23. The molecule has 0 saturated heterocycles. The highest BCUT2D eigenvalue weighted by Gasteiger charge is 2.08. The molecular weight excluding hydrogens is 340 g/mol. The van der Waals surface area contributed by atoms with Crippen molar-refractivity contribution >= 4 is 5.96 Å². The molecule has 0 atom stereocenters. The summed E-state index contributed by atoms with van der Waals surface area (Å²) in [6, 6.07) is 10.1. The van der Waals surface area contributed by atoms with Crippen LogP contribution in [-0.2, 0) is 6.54 Å². The monoisotopic (exact) mass is 372 g/mol. The van der Waals surface area contributed by atoms with Crippen LogP contribution in [0, 0.1) is 0 Å². The zero-order valence-corrected chi connectivity index (χ0v) is 17.1. The van der Waals surface area contributed by atoms with Crippen molar-refractivity contribution < 1.29 is 9.26 Å². The molecule has 1 aromatic carbocycles. The average Bonchev–Trinajstić information content (AvgIpc) is 3.12. The van der Waals surface area contributed by atoms with E-state index < -0.39 is 0 Å². The van der Waals surface area contributed by atoms with Crippen LogP contribution in [0.1, 0.15) is 63.5 Å². The summed E-state index contributed by atoms with van der Waals surface area (Å²) < 4.78 is 11.3. The fourth-order valence-corrected chi connectivity index (χ4v) is 2.59. The van der Waals surface area contributed by atoms with Gasteiger partial charge in [-0.2, -0.15) is 0 Å². The number of nitrogens with one attached hydrogen (secondary N) is 2. The summed E-state index contributed by atoms with van der Waals surface area (Å²) in [7, 11) is 0. The number of ether oxygens (including phenoxy) is 1. The second-order valence-corrected chi connectivity index (χ2v) is 7.04. The van der Waals surface area contributed by atoms with E-state index in [1.54, 1.807) is 0 Å². The zero-order chi connectivity index (χ0) is 19.6. The Morgan fingerprint density at radius 2 is 1.93 bits per heavy atom. The second-order valence-electron chi connectivity index (χ2n) is 7.04. The summed E-state index contributed by atoms with van der Waals surface area (Å²) in [5.41, 5.74) is 2.18. The minimum atomic E-state index is 0.351. The van der Waals surface area contributed by atoms with Gasteiger partial charge in [0, 0.05) is 12.6 Å². The molecule has 0 bridgehead atoms. The van der Waals surface area contributed by atoms with Gasteiger partial charge in [-0.15, -0.1) is 0 Å². The fraction of sp³-hybridized carbons (Fsp3) is 0.524. The van der Waals surface area contributed by atoms with Gasteiger partial charge in [0.05, 0.1) is 12.2 Å². The van der Waals surface area contributed by atoms with E-state index in [0.29, 0.717) is 31.5 Å². The molecule has 0 unspecified atom stereocenters. The molecule has 2 N–H and O–H groups in total. The maximum Gasteiger partial charge on any atom is 0.191 e. The van der Waals surface area contributed by atoms with Crippen molar-refractivity contribution in [1.82, 2.24) is 15.8 Å². The van der Waals surface area contributed by atoms with E-state index in [-0.39, 0.29) is 0 Å². The minimum absolute atomic E-state index is 0.351. The van der Waals surface area contributed by atoms with Crippen molar-refractivity contribution in [1.29, 1.82) is 0 Å². The lowest BCUT2D eigenvalue weighted by atomic mass is 10.0.